The van der Waals surface area contributed by atoms with Gasteiger partial charge in [0.25, 0.3) is 5.78 Å². The Labute approximate surface area is 179 Å². The van der Waals surface area contributed by atoms with Gasteiger partial charge in [-0.05, 0) is 25.0 Å². The van der Waals surface area contributed by atoms with Crippen molar-refractivity contribution in [1.29, 1.82) is 0 Å². The normalized spacial score (nSPS) is 15.7. The van der Waals surface area contributed by atoms with Crippen molar-refractivity contribution in [3.8, 4) is 11.1 Å². The zero-order chi connectivity index (χ0) is 20.8. The van der Waals surface area contributed by atoms with Crippen LogP contribution >= 0.6 is 34.8 Å². The summed E-state index contributed by atoms with van der Waals surface area (Å²) in [4.78, 5) is 10.4. The van der Waals surface area contributed by atoms with Crippen molar-refractivity contribution >= 4 is 46.4 Å². The molecule has 4 rings (SSSR count). The quantitative estimate of drug-likeness (QED) is 0.427. The highest BCUT2D eigenvalue weighted by Gasteiger charge is 2.33. The van der Waals surface area contributed by atoms with Crippen molar-refractivity contribution in [1.82, 2.24) is 19.6 Å². The van der Waals surface area contributed by atoms with Crippen molar-refractivity contribution in [2.24, 2.45) is 0 Å². The Hall–Kier alpha value is -1.77. The first-order valence-corrected chi connectivity index (χ1v) is 10.1. The maximum Gasteiger partial charge on any atom is 0.416 e. The van der Waals surface area contributed by atoms with E-state index in [1.54, 1.807) is 0 Å². The number of aromatic nitrogens is 4. The number of hydrogen-bond acceptors (Lipinski definition) is 4. The highest BCUT2D eigenvalue weighted by Crippen LogP contribution is 2.46. The number of rotatable bonds is 2. The highest BCUT2D eigenvalue weighted by atomic mass is 35.5. The monoisotopic (exact) mass is 463 g/mol. The predicted octanol–water partition coefficient (Wildman–Crippen LogP) is 6.15. The van der Waals surface area contributed by atoms with E-state index in [9.17, 15) is 13.2 Å². The summed E-state index contributed by atoms with van der Waals surface area (Å²) in [6, 6.07) is 1.69. The molecule has 0 unspecified atom stereocenters. The zero-order valence-electron chi connectivity index (χ0n) is 15.0. The van der Waals surface area contributed by atoms with E-state index in [0.717, 1.165) is 50.9 Å². The molecule has 29 heavy (non-hydrogen) atoms. The van der Waals surface area contributed by atoms with Gasteiger partial charge in [-0.15, -0.1) is 0 Å². The first kappa shape index (κ1) is 20.5. The smallest absolute Gasteiger partial charge is 0.356 e. The van der Waals surface area contributed by atoms with Crippen LogP contribution in [-0.4, -0.2) is 32.7 Å². The van der Waals surface area contributed by atoms with Gasteiger partial charge in [-0.25, -0.2) is 0 Å². The van der Waals surface area contributed by atoms with Crippen LogP contribution in [0.4, 0.5) is 19.0 Å². The molecule has 1 saturated heterocycles. The van der Waals surface area contributed by atoms with Gasteiger partial charge in [0.1, 0.15) is 17.3 Å². The van der Waals surface area contributed by atoms with Crippen LogP contribution in [0.2, 0.25) is 15.2 Å². The lowest BCUT2D eigenvalue weighted by atomic mass is 10.0. The summed E-state index contributed by atoms with van der Waals surface area (Å²) in [5.74, 6) is 0.861. The molecular formula is C18H15Cl3F3N5. The van der Waals surface area contributed by atoms with Gasteiger partial charge in [-0.2, -0.15) is 32.8 Å². The molecule has 0 saturated carbocycles. The Kier molecular flexibility index (Phi) is 5.52. The number of nitrogens with zero attached hydrogens (tertiary/aromatic N) is 5. The number of fused-ring (bicyclic) bond motifs is 1. The predicted molar refractivity (Wildman–Crippen MR) is 107 cm³/mol. The van der Waals surface area contributed by atoms with E-state index in [0.29, 0.717) is 11.4 Å². The maximum atomic E-state index is 13.2. The molecule has 1 fully saturated rings. The third kappa shape index (κ3) is 3.85. The summed E-state index contributed by atoms with van der Waals surface area (Å²) in [6.07, 6.45) is 0.880. The van der Waals surface area contributed by atoms with Gasteiger partial charge >= 0.3 is 6.18 Å². The lowest BCUT2D eigenvalue weighted by Crippen LogP contribution is -2.27. The number of hydrogen-bond donors (Lipinski definition) is 0. The van der Waals surface area contributed by atoms with Gasteiger partial charge in [0, 0.05) is 18.7 Å². The van der Waals surface area contributed by atoms with E-state index < -0.39 is 11.7 Å². The summed E-state index contributed by atoms with van der Waals surface area (Å²) in [6.45, 7) is 1.47. The van der Waals surface area contributed by atoms with Crippen LogP contribution in [0.25, 0.3) is 16.9 Å². The lowest BCUT2D eigenvalue weighted by molar-refractivity contribution is -0.137. The van der Waals surface area contributed by atoms with E-state index in [-0.39, 0.29) is 26.5 Å². The molecule has 0 N–H and O–H groups in total. The molecule has 5 nitrogen and oxygen atoms in total. The van der Waals surface area contributed by atoms with Crippen LogP contribution < -0.4 is 4.90 Å². The minimum absolute atomic E-state index is 0.0494. The Bertz CT molecular complexity index is 1040. The van der Waals surface area contributed by atoms with Crippen molar-refractivity contribution < 1.29 is 13.2 Å². The van der Waals surface area contributed by atoms with Crippen LogP contribution in [0.1, 0.15) is 31.2 Å². The molecule has 1 aliphatic heterocycles. The van der Waals surface area contributed by atoms with Gasteiger partial charge < -0.3 is 4.90 Å². The molecule has 3 heterocycles. The molecule has 3 aromatic rings. The third-order valence-corrected chi connectivity index (χ3v) is 5.75. The molecule has 0 radical (unpaired) electrons. The van der Waals surface area contributed by atoms with Crippen molar-refractivity contribution in [2.45, 2.75) is 31.9 Å². The van der Waals surface area contributed by atoms with Gasteiger partial charge in [-0.1, -0.05) is 47.6 Å². The summed E-state index contributed by atoms with van der Waals surface area (Å²) in [5, 5.41) is 3.97. The fourth-order valence-electron chi connectivity index (χ4n) is 3.57. The second kappa shape index (κ2) is 7.81. The summed E-state index contributed by atoms with van der Waals surface area (Å²) < 4.78 is 41.0. The van der Waals surface area contributed by atoms with E-state index in [2.05, 4.69) is 20.0 Å². The number of halogens is 6. The first-order chi connectivity index (χ1) is 13.8. The highest BCUT2D eigenvalue weighted by molar-refractivity contribution is 6.41. The lowest BCUT2D eigenvalue weighted by Gasteiger charge is -2.26. The van der Waals surface area contributed by atoms with Crippen LogP contribution in [0.15, 0.2) is 18.5 Å². The van der Waals surface area contributed by atoms with Crippen LogP contribution in [0.3, 0.4) is 0 Å². The molecule has 0 aliphatic carbocycles. The summed E-state index contributed by atoms with van der Waals surface area (Å²) in [7, 11) is 0. The molecule has 0 bridgehead atoms. The second-order valence-corrected chi connectivity index (χ2v) is 7.96. The van der Waals surface area contributed by atoms with Crippen molar-refractivity contribution in [2.75, 3.05) is 18.0 Å². The minimum atomic E-state index is -4.57. The van der Waals surface area contributed by atoms with Crippen molar-refractivity contribution in [3.63, 3.8) is 0 Å². The molecule has 1 aromatic carbocycles. The SMILES string of the molecule is FC(F)(F)c1cc(Cl)c(-c2c(Cl)nc3ncnn3c2N2CCCCCC2)c(Cl)c1. The van der Waals surface area contributed by atoms with Gasteiger partial charge in [0.05, 0.1) is 21.2 Å². The van der Waals surface area contributed by atoms with E-state index >= 15 is 0 Å². The van der Waals surface area contributed by atoms with Gasteiger partial charge in [0.2, 0.25) is 0 Å². The molecule has 11 heteroatoms. The second-order valence-electron chi connectivity index (χ2n) is 6.79. The van der Waals surface area contributed by atoms with Crippen LogP contribution in [0, 0.1) is 0 Å². The van der Waals surface area contributed by atoms with Crippen molar-refractivity contribution in [3.05, 3.63) is 39.2 Å². The fraction of sp³-hybridized carbons (Fsp3) is 0.389. The number of alkyl halides is 3. The van der Waals surface area contributed by atoms with E-state index in [1.165, 1.54) is 10.8 Å². The zero-order valence-corrected chi connectivity index (χ0v) is 17.2. The molecule has 2 aromatic heterocycles. The Morgan fingerprint density at radius 1 is 0.897 bits per heavy atom. The minimum Gasteiger partial charge on any atom is -0.356 e. The van der Waals surface area contributed by atoms with Crippen LogP contribution in [-0.2, 0) is 6.18 Å². The maximum absolute atomic E-state index is 13.2. The fourth-order valence-corrected chi connectivity index (χ4v) is 4.50. The van der Waals surface area contributed by atoms with E-state index in [4.69, 9.17) is 34.8 Å². The topological polar surface area (TPSA) is 46.3 Å². The third-order valence-electron chi connectivity index (χ3n) is 4.88. The molecular weight excluding hydrogens is 450 g/mol. The molecule has 1 aliphatic rings. The van der Waals surface area contributed by atoms with Gasteiger partial charge in [-0.3, -0.25) is 0 Å². The first-order valence-electron chi connectivity index (χ1n) is 8.98. The Morgan fingerprint density at radius 3 is 2.10 bits per heavy atom. The molecule has 0 amide bonds. The Balaban J connectivity index is 1.99. The number of anilines is 1. The van der Waals surface area contributed by atoms with Crippen LogP contribution in [0.5, 0.6) is 0 Å². The van der Waals surface area contributed by atoms with Gasteiger partial charge in [0.15, 0.2) is 0 Å². The average molecular weight is 465 g/mol. The molecule has 0 spiro atoms. The average Bonchev–Trinajstić information content (AvgIpc) is 2.93. The molecule has 154 valence electrons. The number of benzene rings is 1. The molecule has 0 atom stereocenters. The van der Waals surface area contributed by atoms with E-state index in [1.807, 2.05) is 0 Å². The standard InChI is InChI=1S/C18H15Cl3F3N5/c19-11-7-10(18(22,23)24)8-12(20)13(11)14-15(21)27-17-25-9-26-29(17)16(14)28-5-3-1-2-4-6-28/h7-9H,1-6H2. The largest absolute Gasteiger partial charge is 0.416 e. The summed E-state index contributed by atoms with van der Waals surface area (Å²) in [5.41, 5.74) is -0.399. The summed E-state index contributed by atoms with van der Waals surface area (Å²) >= 11 is 19.0. The Morgan fingerprint density at radius 2 is 1.52 bits per heavy atom.